The fourth-order valence-electron chi connectivity index (χ4n) is 1.81. The van der Waals surface area contributed by atoms with Gasteiger partial charge in [0, 0.05) is 6.54 Å². The Morgan fingerprint density at radius 1 is 1.39 bits per heavy atom. The van der Waals surface area contributed by atoms with Crippen LogP contribution in [0.15, 0.2) is 12.2 Å². The molecule has 0 aromatic rings. The Kier molecular flexibility index (Phi) is 4.38. The van der Waals surface area contributed by atoms with Crippen LogP contribution in [-0.4, -0.2) is 42.3 Å². The van der Waals surface area contributed by atoms with Crippen molar-refractivity contribution in [2.24, 2.45) is 0 Å². The van der Waals surface area contributed by atoms with Crippen molar-refractivity contribution in [3.8, 4) is 0 Å². The molecule has 0 saturated carbocycles. The van der Waals surface area contributed by atoms with E-state index in [1.807, 2.05) is 0 Å². The molecule has 1 amide bonds. The standard InChI is InChI=1S/C13H21NO4/c1-9-6-7-14(10(8-9)11(15)17-5)12(16)18-13(2,3)4/h10H,1,6-8H2,2-5H3/t10-/m0/s1. The van der Waals surface area contributed by atoms with E-state index < -0.39 is 23.7 Å². The van der Waals surface area contributed by atoms with E-state index in [4.69, 9.17) is 9.47 Å². The molecular formula is C13H21NO4. The van der Waals surface area contributed by atoms with E-state index in [0.29, 0.717) is 19.4 Å². The molecular weight excluding hydrogens is 234 g/mol. The minimum atomic E-state index is -0.619. The molecule has 5 heteroatoms. The lowest BCUT2D eigenvalue weighted by Crippen LogP contribution is -2.50. The number of methoxy groups -OCH3 is 1. The summed E-state index contributed by atoms with van der Waals surface area (Å²) in [7, 11) is 1.31. The summed E-state index contributed by atoms with van der Waals surface area (Å²) in [6.45, 7) is 9.68. The van der Waals surface area contributed by atoms with Crippen molar-refractivity contribution in [1.29, 1.82) is 0 Å². The number of piperidine rings is 1. The largest absolute Gasteiger partial charge is 0.467 e. The molecule has 0 spiro atoms. The second-order valence-electron chi connectivity index (χ2n) is 5.42. The van der Waals surface area contributed by atoms with Crippen molar-refractivity contribution >= 4 is 12.1 Å². The monoisotopic (exact) mass is 255 g/mol. The molecule has 1 atom stereocenters. The average Bonchev–Trinajstić information content (AvgIpc) is 2.25. The highest BCUT2D eigenvalue weighted by Gasteiger charge is 2.36. The molecule has 1 rings (SSSR count). The number of hydrogen-bond acceptors (Lipinski definition) is 4. The number of rotatable bonds is 1. The molecule has 0 N–H and O–H groups in total. The highest BCUT2D eigenvalue weighted by molar-refractivity contribution is 5.82. The molecule has 0 radical (unpaired) electrons. The predicted octanol–water partition coefficient (Wildman–Crippen LogP) is 2.12. The fraction of sp³-hybridized carbons (Fsp3) is 0.692. The molecule has 5 nitrogen and oxygen atoms in total. The van der Waals surface area contributed by atoms with Crippen molar-refractivity contribution in [2.75, 3.05) is 13.7 Å². The average molecular weight is 255 g/mol. The molecule has 1 fully saturated rings. The van der Waals surface area contributed by atoms with Gasteiger partial charge in [0.2, 0.25) is 0 Å². The first-order valence-corrected chi connectivity index (χ1v) is 5.98. The van der Waals surface area contributed by atoms with Gasteiger partial charge >= 0.3 is 12.1 Å². The van der Waals surface area contributed by atoms with Crippen molar-refractivity contribution in [3.05, 3.63) is 12.2 Å². The summed E-state index contributed by atoms with van der Waals surface area (Å²) < 4.78 is 10.0. The smallest absolute Gasteiger partial charge is 0.411 e. The first-order chi connectivity index (χ1) is 8.24. The van der Waals surface area contributed by atoms with Gasteiger partial charge in [0.1, 0.15) is 11.6 Å². The summed E-state index contributed by atoms with van der Waals surface area (Å²) in [5, 5.41) is 0. The van der Waals surface area contributed by atoms with Crippen LogP contribution in [0.1, 0.15) is 33.6 Å². The topological polar surface area (TPSA) is 55.8 Å². The predicted molar refractivity (Wildman–Crippen MR) is 67.1 cm³/mol. The third-order valence-corrected chi connectivity index (χ3v) is 2.67. The number of likely N-dealkylation sites (tertiary alicyclic amines) is 1. The van der Waals surface area contributed by atoms with Crippen LogP contribution < -0.4 is 0 Å². The molecule has 0 aromatic heterocycles. The summed E-state index contributed by atoms with van der Waals surface area (Å²) in [4.78, 5) is 25.1. The van der Waals surface area contributed by atoms with E-state index >= 15 is 0 Å². The van der Waals surface area contributed by atoms with Gasteiger partial charge in [-0.3, -0.25) is 4.90 Å². The number of ether oxygens (including phenoxy) is 2. The van der Waals surface area contributed by atoms with E-state index in [1.54, 1.807) is 20.8 Å². The molecule has 0 unspecified atom stereocenters. The molecule has 1 saturated heterocycles. The minimum absolute atomic E-state index is 0.429. The van der Waals surface area contributed by atoms with Gasteiger partial charge in [-0.15, -0.1) is 0 Å². The first-order valence-electron chi connectivity index (χ1n) is 5.98. The maximum atomic E-state index is 12.0. The van der Waals surface area contributed by atoms with Gasteiger partial charge in [-0.05, 0) is 33.6 Å². The van der Waals surface area contributed by atoms with E-state index in [9.17, 15) is 9.59 Å². The maximum Gasteiger partial charge on any atom is 0.411 e. The quantitative estimate of drug-likeness (QED) is 0.532. The summed E-state index contributed by atoms with van der Waals surface area (Å²) in [5.74, 6) is -0.429. The van der Waals surface area contributed by atoms with Crippen molar-refractivity contribution < 1.29 is 19.1 Å². The third kappa shape index (κ3) is 3.75. The van der Waals surface area contributed by atoms with Crippen molar-refractivity contribution in [3.63, 3.8) is 0 Å². The van der Waals surface area contributed by atoms with E-state index in [2.05, 4.69) is 6.58 Å². The highest BCUT2D eigenvalue weighted by Crippen LogP contribution is 2.24. The number of carbonyl (C=O) groups is 2. The zero-order valence-electron chi connectivity index (χ0n) is 11.5. The number of amides is 1. The molecule has 1 heterocycles. The van der Waals surface area contributed by atoms with E-state index in [-0.39, 0.29) is 0 Å². The maximum absolute atomic E-state index is 12.0. The van der Waals surface area contributed by atoms with Crippen LogP contribution in [0, 0.1) is 0 Å². The number of nitrogens with zero attached hydrogens (tertiary/aromatic N) is 1. The summed E-state index contributed by atoms with van der Waals surface area (Å²) in [5.41, 5.74) is 0.372. The summed E-state index contributed by atoms with van der Waals surface area (Å²) in [6.07, 6.45) is 0.643. The van der Waals surface area contributed by atoms with Crippen LogP contribution in [0.25, 0.3) is 0 Å². The molecule has 102 valence electrons. The Morgan fingerprint density at radius 3 is 2.50 bits per heavy atom. The van der Waals surface area contributed by atoms with Gasteiger partial charge in [0.05, 0.1) is 7.11 Å². The zero-order valence-corrected chi connectivity index (χ0v) is 11.5. The number of carbonyl (C=O) groups excluding carboxylic acids is 2. The van der Waals surface area contributed by atoms with E-state index in [0.717, 1.165) is 5.57 Å². The van der Waals surface area contributed by atoms with Crippen molar-refractivity contribution in [1.82, 2.24) is 4.90 Å². The summed E-state index contributed by atoms with van der Waals surface area (Å²) in [6, 6.07) is -0.619. The minimum Gasteiger partial charge on any atom is -0.467 e. The second-order valence-corrected chi connectivity index (χ2v) is 5.42. The third-order valence-electron chi connectivity index (χ3n) is 2.67. The Labute approximate surface area is 108 Å². The summed E-state index contributed by atoms with van der Waals surface area (Å²) >= 11 is 0. The lowest BCUT2D eigenvalue weighted by Gasteiger charge is -2.35. The Bertz CT molecular complexity index is 356. The SMILES string of the molecule is C=C1CCN(C(=O)OC(C)(C)C)[C@H](C(=O)OC)C1. The van der Waals surface area contributed by atoms with Gasteiger partial charge in [0.25, 0.3) is 0 Å². The van der Waals surface area contributed by atoms with Crippen LogP contribution in [0.4, 0.5) is 4.79 Å². The lowest BCUT2D eigenvalue weighted by molar-refractivity contribution is -0.147. The van der Waals surface area contributed by atoms with Crippen LogP contribution in [-0.2, 0) is 14.3 Å². The number of hydrogen-bond donors (Lipinski definition) is 0. The van der Waals surface area contributed by atoms with E-state index in [1.165, 1.54) is 12.0 Å². The number of esters is 1. The fourth-order valence-corrected chi connectivity index (χ4v) is 1.81. The molecule has 1 aliphatic heterocycles. The van der Waals surface area contributed by atoms with Gasteiger partial charge in [0.15, 0.2) is 0 Å². The Balaban J connectivity index is 2.80. The van der Waals surface area contributed by atoms with Gasteiger partial charge < -0.3 is 9.47 Å². The van der Waals surface area contributed by atoms with Crippen LogP contribution >= 0.6 is 0 Å². The second kappa shape index (κ2) is 5.42. The normalized spacial score (nSPS) is 20.6. The van der Waals surface area contributed by atoms with Gasteiger partial charge in [-0.1, -0.05) is 12.2 Å². The first kappa shape index (κ1) is 14.5. The van der Waals surface area contributed by atoms with Gasteiger partial charge in [-0.25, -0.2) is 9.59 Å². The van der Waals surface area contributed by atoms with Crippen molar-refractivity contribution in [2.45, 2.75) is 45.3 Å². The molecule has 0 bridgehead atoms. The van der Waals surface area contributed by atoms with Crippen LogP contribution in [0.5, 0.6) is 0 Å². The zero-order chi connectivity index (χ0) is 13.9. The highest BCUT2D eigenvalue weighted by atomic mass is 16.6. The van der Waals surface area contributed by atoms with Crippen LogP contribution in [0.2, 0.25) is 0 Å². The molecule has 1 aliphatic rings. The molecule has 0 aliphatic carbocycles. The molecule has 18 heavy (non-hydrogen) atoms. The molecule has 0 aromatic carbocycles. The Hall–Kier alpha value is -1.52. The van der Waals surface area contributed by atoms with Gasteiger partial charge in [-0.2, -0.15) is 0 Å². The van der Waals surface area contributed by atoms with Crippen LogP contribution in [0.3, 0.4) is 0 Å². The lowest BCUT2D eigenvalue weighted by atomic mass is 9.98. The Morgan fingerprint density at radius 2 is 2.00 bits per heavy atom.